The maximum Gasteiger partial charge on any atom is 0.419 e. The number of rotatable bonds is 10. The number of benzene rings is 1. The number of carboxylic acids is 1. The van der Waals surface area contributed by atoms with E-state index >= 15 is 0 Å². The zero-order valence-corrected chi connectivity index (χ0v) is 26.5. The van der Waals surface area contributed by atoms with Crippen LogP contribution in [0.4, 0.5) is 19.0 Å². The van der Waals surface area contributed by atoms with Crippen LogP contribution < -0.4 is 15.0 Å². The van der Waals surface area contributed by atoms with E-state index in [4.69, 9.17) is 4.74 Å². The van der Waals surface area contributed by atoms with Gasteiger partial charge in [0, 0.05) is 31.2 Å². The summed E-state index contributed by atoms with van der Waals surface area (Å²) >= 11 is 1.14. The van der Waals surface area contributed by atoms with Crippen molar-refractivity contribution >= 4 is 40.3 Å². The maximum absolute atomic E-state index is 14.0. The molecule has 0 spiro atoms. The van der Waals surface area contributed by atoms with Crippen molar-refractivity contribution in [3.05, 3.63) is 53.5 Å². The molecule has 10 nitrogen and oxygen atoms in total. The average molecular weight is 649 g/mol. The summed E-state index contributed by atoms with van der Waals surface area (Å²) in [6, 6.07) is 4.27. The number of anilines is 1. The van der Waals surface area contributed by atoms with Crippen molar-refractivity contribution in [1.29, 1.82) is 0 Å². The number of ether oxygens (including phenoxy) is 1. The lowest BCUT2D eigenvalue weighted by Crippen LogP contribution is -2.37. The highest BCUT2D eigenvalue weighted by molar-refractivity contribution is 8.13. The van der Waals surface area contributed by atoms with Gasteiger partial charge in [-0.1, -0.05) is 18.7 Å². The zero-order valence-electron chi connectivity index (χ0n) is 25.6. The first-order chi connectivity index (χ1) is 21.5. The van der Waals surface area contributed by atoms with Crippen LogP contribution in [-0.4, -0.2) is 82.1 Å². The molecule has 244 valence electrons. The zero-order chi connectivity index (χ0) is 32.6. The van der Waals surface area contributed by atoms with E-state index < -0.39 is 23.6 Å². The minimum absolute atomic E-state index is 0.0368. The first-order valence-corrected chi connectivity index (χ1v) is 16.3. The van der Waals surface area contributed by atoms with Crippen molar-refractivity contribution < 1.29 is 32.6 Å². The van der Waals surface area contributed by atoms with Gasteiger partial charge < -0.3 is 14.7 Å². The number of halogens is 3. The number of thioether (sulfide) groups is 1. The minimum atomic E-state index is -4.63. The topological polar surface area (TPSA) is 120 Å². The smallest absolute Gasteiger partial charge is 0.419 e. The molecule has 2 N–H and O–H groups in total. The molecule has 1 unspecified atom stereocenters. The van der Waals surface area contributed by atoms with E-state index in [1.54, 1.807) is 25.3 Å². The number of aliphatic carboxylic acids is 1. The van der Waals surface area contributed by atoms with E-state index in [-0.39, 0.29) is 34.7 Å². The van der Waals surface area contributed by atoms with Crippen LogP contribution in [0.5, 0.6) is 5.75 Å². The fourth-order valence-electron chi connectivity index (χ4n) is 5.57. The van der Waals surface area contributed by atoms with Gasteiger partial charge in [-0.3, -0.25) is 19.8 Å². The third kappa shape index (κ3) is 8.97. The summed E-state index contributed by atoms with van der Waals surface area (Å²) in [7, 11) is 0. The fourth-order valence-corrected chi connectivity index (χ4v) is 5.96. The average Bonchev–Trinajstić information content (AvgIpc) is 3.50. The molecule has 2 aliphatic heterocycles. The molecular weight excluding hydrogens is 609 g/mol. The molecular formula is C31H39F3N6O4S. The van der Waals surface area contributed by atoms with Crippen LogP contribution in [0.1, 0.15) is 67.6 Å². The lowest BCUT2D eigenvalue weighted by atomic mass is 9.97. The van der Waals surface area contributed by atoms with Gasteiger partial charge in [0.15, 0.2) is 5.17 Å². The molecule has 3 heterocycles. The molecule has 2 aliphatic rings. The number of nitrogens with one attached hydrogen (secondary N) is 1. The highest BCUT2D eigenvalue weighted by Crippen LogP contribution is 2.38. The number of carboxylic acid groups (broad SMARTS) is 1. The van der Waals surface area contributed by atoms with Crippen molar-refractivity contribution in [1.82, 2.24) is 20.2 Å². The van der Waals surface area contributed by atoms with Crippen molar-refractivity contribution in [2.45, 2.75) is 58.2 Å². The number of amidine groups is 1. The number of aliphatic imine (C=N–C) groups is 1. The lowest BCUT2D eigenvalue weighted by molar-refractivity contribution is -0.142. The predicted octanol–water partition coefficient (Wildman–Crippen LogP) is 5.56. The Balaban J connectivity index is 1.57. The monoisotopic (exact) mass is 648 g/mol. The number of aromatic nitrogens is 2. The Morgan fingerprint density at radius 3 is 2.51 bits per heavy atom. The molecule has 2 fully saturated rings. The van der Waals surface area contributed by atoms with Gasteiger partial charge in [0.25, 0.3) is 5.91 Å². The second kappa shape index (κ2) is 15.6. The second-order valence-corrected chi connectivity index (χ2v) is 11.7. The molecule has 1 amide bonds. The lowest BCUT2D eigenvalue weighted by Gasteiger charge is -2.30. The van der Waals surface area contributed by atoms with Crippen molar-refractivity contribution in [2.24, 2.45) is 10.9 Å². The number of hydrogen-bond acceptors (Lipinski definition) is 9. The molecule has 0 bridgehead atoms. The van der Waals surface area contributed by atoms with E-state index in [0.29, 0.717) is 50.0 Å². The molecule has 1 aromatic heterocycles. The van der Waals surface area contributed by atoms with E-state index in [0.717, 1.165) is 43.6 Å². The van der Waals surface area contributed by atoms with Gasteiger partial charge >= 0.3 is 12.1 Å². The summed E-state index contributed by atoms with van der Waals surface area (Å²) in [5, 5.41) is 12.1. The highest BCUT2D eigenvalue weighted by atomic mass is 32.2. The quantitative estimate of drug-likeness (QED) is 0.252. The van der Waals surface area contributed by atoms with Gasteiger partial charge in [0.2, 0.25) is 0 Å². The number of carbonyl (C=O) groups is 2. The highest BCUT2D eigenvalue weighted by Gasteiger charge is 2.35. The normalized spacial score (nSPS) is 18.7. The van der Waals surface area contributed by atoms with Gasteiger partial charge in [-0.25, -0.2) is 15.0 Å². The molecule has 1 atom stereocenters. The molecule has 0 radical (unpaired) electrons. The van der Waals surface area contributed by atoms with Crippen LogP contribution in [0.2, 0.25) is 0 Å². The van der Waals surface area contributed by atoms with Crippen LogP contribution in [0.25, 0.3) is 5.70 Å². The van der Waals surface area contributed by atoms with E-state index in [9.17, 15) is 27.9 Å². The Labute approximate surface area is 265 Å². The summed E-state index contributed by atoms with van der Waals surface area (Å²) in [5.74, 6) is -1.47. The van der Waals surface area contributed by atoms with Crippen LogP contribution >= 0.6 is 11.8 Å². The van der Waals surface area contributed by atoms with Gasteiger partial charge in [-0.05, 0) is 76.1 Å². The Morgan fingerprint density at radius 2 is 1.91 bits per heavy atom. The third-order valence-electron chi connectivity index (χ3n) is 8.04. The second-order valence-electron chi connectivity index (χ2n) is 10.9. The van der Waals surface area contributed by atoms with Gasteiger partial charge in [-0.2, -0.15) is 13.2 Å². The van der Waals surface area contributed by atoms with Crippen molar-refractivity contribution in [3.63, 3.8) is 0 Å². The summed E-state index contributed by atoms with van der Waals surface area (Å²) in [5.41, 5.74) is -0.321. The van der Waals surface area contributed by atoms with E-state index in [1.807, 2.05) is 4.90 Å². The first kappa shape index (κ1) is 34.2. The first-order valence-electron chi connectivity index (χ1n) is 15.1. The fraction of sp³-hybridized carbons (Fsp3) is 0.516. The summed E-state index contributed by atoms with van der Waals surface area (Å²) in [6.07, 6.45) is 5.77. The van der Waals surface area contributed by atoms with Crippen LogP contribution in [0, 0.1) is 5.92 Å². The van der Waals surface area contributed by atoms with Gasteiger partial charge in [0.05, 0.1) is 36.2 Å². The van der Waals surface area contributed by atoms with Crippen LogP contribution in [0.15, 0.2) is 41.7 Å². The maximum atomic E-state index is 14.0. The largest absolute Gasteiger partial charge is 0.493 e. The van der Waals surface area contributed by atoms with Crippen molar-refractivity contribution in [2.75, 3.05) is 43.9 Å². The van der Waals surface area contributed by atoms with Crippen molar-refractivity contribution in [3.8, 4) is 5.75 Å². The molecule has 45 heavy (non-hydrogen) atoms. The molecule has 1 aromatic carbocycles. The van der Waals surface area contributed by atoms with Gasteiger partial charge in [0.1, 0.15) is 17.3 Å². The molecule has 14 heteroatoms. The van der Waals surface area contributed by atoms with Crippen LogP contribution in [0.3, 0.4) is 0 Å². The Hall–Kier alpha value is -3.65. The Kier molecular flexibility index (Phi) is 11.8. The number of carbonyl (C=O) groups excluding carboxylic acids is 1. The number of alkyl halides is 3. The van der Waals surface area contributed by atoms with E-state index in [2.05, 4.69) is 32.1 Å². The summed E-state index contributed by atoms with van der Waals surface area (Å²) < 4.78 is 47.2. The number of hydrogen-bond donors (Lipinski definition) is 2. The number of piperidine rings is 1. The van der Waals surface area contributed by atoms with Crippen LogP contribution in [-0.2, 0) is 11.0 Å². The standard InChI is InChI=1S/C31H39F3N6O4S/c1-4-22-7-6-13-39(22)16-12-24(21-8-9-26(44-5-2)23(17-21)31(32,33)34)37-30(45-3)38-28(41)25-18-36-27(19-35-25)40-14-10-20(11-15-40)29(42)43/h8-9,12,17-20,22H,4-7,10-11,13-16H2,1-3H3,(H,42,43)(H,37,38,41)/b24-12+. The molecule has 0 aliphatic carbocycles. The molecule has 2 saturated heterocycles. The number of nitrogens with zero attached hydrogens (tertiary/aromatic N) is 5. The minimum Gasteiger partial charge on any atom is -0.493 e. The van der Waals surface area contributed by atoms with E-state index in [1.165, 1.54) is 18.5 Å². The predicted molar refractivity (Wildman–Crippen MR) is 168 cm³/mol. The summed E-state index contributed by atoms with van der Waals surface area (Å²) in [6.45, 7) is 6.26. The molecule has 2 aromatic rings. The Morgan fingerprint density at radius 1 is 1.16 bits per heavy atom. The SMILES string of the molecule is CCOc1ccc(C(=C\CN2CCCC2CC)/N=C(/NC(=O)c2cnc(N3CCC(C(=O)O)CC3)cn2)SC)cc1C(F)(F)F. The molecule has 0 saturated carbocycles. The van der Waals surface area contributed by atoms with Gasteiger partial charge in [-0.15, -0.1) is 0 Å². The Bertz CT molecular complexity index is 1390. The molecule has 4 rings (SSSR count). The number of amides is 1. The summed E-state index contributed by atoms with van der Waals surface area (Å²) in [4.78, 5) is 41.8. The number of likely N-dealkylation sites (tertiary alicyclic amines) is 1. The third-order valence-corrected chi connectivity index (χ3v) is 8.62.